The molecule has 0 saturated heterocycles. The molecule has 0 aliphatic rings. The summed E-state index contributed by atoms with van der Waals surface area (Å²) in [6.07, 6.45) is 5.14. The van der Waals surface area contributed by atoms with Gasteiger partial charge in [-0.2, -0.15) is 0 Å². The van der Waals surface area contributed by atoms with Gasteiger partial charge in [0.05, 0.1) is 17.3 Å². The van der Waals surface area contributed by atoms with Crippen molar-refractivity contribution in [1.82, 2.24) is 5.32 Å². The summed E-state index contributed by atoms with van der Waals surface area (Å²) in [7, 11) is 3.79. The van der Waals surface area contributed by atoms with Crippen molar-refractivity contribution in [3.05, 3.63) is 63.8 Å². The van der Waals surface area contributed by atoms with E-state index in [9.17, 15) is 0 Å². The van der Waals surface area contributed by atoms with Gasteiger partial charge in [-0.25, -0.2) is 0 Å². The Bertz CT molecular complexity index is 1000. The maximum absolute atomic E-state index is 8.00. The zero-order chi connectivity index (χ0) is 27.8. The van der Waals surface area contributed by atoms with Crippen LogP contribution < -0.4 is 21.1 Å². The Morgan fingerprint density at radius 2 is 1.81 bits per heavy atom. The lowest BCUT2D eigenvalue weighted by atomic mass is 10.1. The van der Waals surface area contributed by atoms with Crippen molar-refractivity contribution in [2.24, 2.45) is 10.7 Å². The molecule has 2 aromatic carbocycles. The third kappa shape index (κ3) is 11.6. The summed E-state index contributed by atoms with van der Waals surface area (Å²) in [5.74, 6) is 0.666. The highest BCUT2D eigenvalue weighted by atomic mass is 35.5. The monoisotopic (exact) mass is 550 g/mol. The van der Waals surface area contributed by atoms with Gasteiger partial charge in [0.1, 0.15) is 19.1 Å². The minimum absolute atomic E-state index is 0.120. The quantitative estimate of drug-likeness (QED) is 0.265. The zero-order valence-electron chi connectivity index (χ0n) is 22.4. The van der Waals surface area contributed by atoms with Gasteiger partial charge in [0.15, 0.2) is 0 Å². The molecule has 37 heavy (non-hydrogen) atoms. The van der Waals surface area contributed by atoms with Gasteiger partial charge in [0.25, 0.3) is 0 Å². The molecular weight excluding hydrogens is 511 g/mol. The van der Waals surface area contributed by atoms with E-state index in [0.29, 0.717) is 22.4 Å². The highest BCUT2D eigenvalue weighted by molar-refractivity contribution is 6.35. The van der Waals surface area contributed by atoms with E-state index in [1.54, 1.807) is 18.3 Å². The Hall–Kier alpha value is -2.58. The van der Waals surface area contributed by atoms with Crippen LogP contribution in [0.3, 0.4) is 0 Å². The Kier molecular flexibility index (Phi) is 14.9. The van der Waals surface area contributed by atoms with Crippen LogP contribution in [-0.2, 0) is 16.1 Å². The Morgan fingerprint density at radius 1 is 1.14 bits per heavy atom. The number of aliphatic imine (C=N–C) groups is 1. The molecular formula is C28H40Cl2N4O3. The highest BCUT2D eigenvalue weighted by Gasteiger charge is 2.14. The van der Waals surface area contributed by atoms with E-state index in [1.807, 2.05) is 51.4 Å². The van der Waals surface area contributed by atoms with E-state index in [-0.39, 0.29) is 18.2 Å². The number of nitrogens with two attached hydrogens (primary N) is 1. The third-order valence-electron chi connectivity index (χ3n) is 5.34. The number of allylic oxidation sites excluding steroid dienone is 1. The minimum atomic E-state index is -0.167. The molecule has 2 rings (SSSR count). The highest BCUT2D eigenvalue weighted by Crippen LogP contribution is 2.31. The molecule has 2 aromatic rings. The second-order valence-corrected chi connectivity index (χ2v) is 9.96. The second kappa shape index (κ2) is 17.0. The predicted octanol–water partition coefficient (Wildman–Crippen LogP) is 5.98. The molecule has 0 aromatic heterocycles. The molecule has 0 aliphatic carbocycles. The van der Waals surface area contributed by atoms with E-state index in [4.69, 9.17) is 48.2 Å². The lowest BCUT2D eigenvalue weighted by Crippen LogP contribution is -2.23. The van der Waals surface area contributed by atoms with Crippen LogP contribution in [0.4, 0.5) is 5.69 Å². The SMILES string of the molecule is C=O.CNCCC(CCOC(C)(C)C)N=C/C(=C\N)c1ccc(NC)c(OCc2c(Cl)cccc2Cl)c1. The van der Waals surface area contributed by atoms with Gasteiger partial charge in [-0.3, -0.25) is 4.99 Å². The number of anilines is 1. The Morgan fingerprint density at radius 3 is 2.38 bits per heavy atom. The van der Waals surface area contributed by atoms with Gasteiger partial charge < -0.3 is 30.6 Å². The fourth-order valence-electron chi connectivity index (χ4n) is 3.35. The van der Waals surface area contributed by atoms with Crippen molar-refractivity contribution in [1.29, 1.82) is 0 Å². The maximum atomic E-state index is 8.00. The first-order chi connectivity index (χ1) is 17.7. The summed E-state index contributed by atoms with van der Waals surface area (Å²) in [5.41, 5.74) is 9.11. The zero-order valence-corrected chi connectivity index (χ0v) is 24.0. The fourth-order valence-corrected chi connectivity index (χ4v) is 3.86. The number of nitrogens with zero attached hydrogens (tertiary/aromatic N) is 1. The van der Waals surface area contributed by atoms with E-state index >= 15 is 0 Å². The fraction of sp³-hybridized carbons (Fsp3) is 0.429. The number of halogens is 2. The second-order valence-electron chi connectivity index (χ2n) is 9.15. The Balaban J connectivity index is 0.00000334. The van der Waals surface area contributed by atoms with Gasteiger partial charge in [-0.1, -0.05) is 35.3 Å². The van der Waals surface area contributed by atoms with Crippen molar-refractivity contribution in [3.8, 4) is 5.75 Å². The first-order valence-electron chi connectivity index (χ1n) is 12.1. The number of hydrogen-bond donors (Lipinski definition) is 3. The van der Waals surface area contributed by atoms with Gasteiger partial charge in [0, 0.05) is 47.3 Å². The van der Waals surface area contributed by atoms with Crippen LogP contribution in [0.2, 0.25) is 10.0 Å². The summed E-state index contributed by atoms with van der Waals surface area (Å²) in [6, 6.07) is 11.4. The van der Waals surface area contributed by atoms with E-state index in [1.165, 1.54) is 0 Å². The standard InChI is InChI=1S/C27H38Cl2N4O2.CH2O/c1-27(2,3)35-14-12-21(11-13-31-4)33-17-20(16-30)19-9-10-25(32-5)26(15-19)34-18-22-23(28)7-6-8-24(22)29;1-2/h6-10,15-17,21,31-32H,11-14,18,30H2,1-5H3;1H2/b20-16+,33-17?;. The first-order valence-corrected chi connectivity index (χ1v) is 12.8. The summed E-state index contributed by atoms with van der Waals surface area (Å²) in [4.78, 5) is 12.8. The average Bonchev–Trinajstić information content (AvgIpc) is 2.87. The number of nitrogens with one attached hydrogen (secondary N) is 2. The molecule has 0 fully saturated rings. The Labute approximate surface area is 231 Å². The molecule has 1 unspecified atom stereocenters. The average molecular weight is 552 g/mol. The molecule has 0 heterocycles. The van der Waals surface area contributed by atoms with Crippen molar-refractivity contribution < 1.29 is 14.3 Å². The molecule has 0 bridgehead atoms. The van der Waals surface area contributed by atoms with E-state index < -0.39 is 0 Å². The van der Waals surface area contributed by atoms with E-state index in [2.05, 4.69) is 31.4 Å². The molecule has 9 heteroatoms. The maximum Gasteiger partial charge on any atom is 0.143 e. The van der Waals surface area contributed by atoms with Gasteiger partial charge in [0.2, 0.25) is 0 Å². The van der Waals surface area contributed by atoms with Crippen molar-refractivity contribution >= 4 is 47.5 Å². The molecule has 1 atom stereocenters. The number of hydrogen-bond acceptors (Lipinski definition) is 7. The van der Waals surface area contributed by atoms with Crippen LogP contribution in [0.1, 0.15) is 44.7 Å². The topological polar surface area (TPSA) is 98.0 Å². The lowest BCUT2D eigenvalue weighted by Gasteiger charge is -2.21. The van der Waals surface area contributed by atoms with Crippen LogP contribution in [0.25, 0.3) is 5.57 Å². The number of benzene rings is 2. The van der Waals surface area contributed by atoms with Crippen LogP contribution in [0.5, 0.6) is 5.75 Å². The van der Waals surface area contributed by atoms with Gasteiger partial charge in [-0.15, -0.1) is 0 Å². The lowest BCUT2D eigenvalue weighted by molar-refractivity contribution is -0.0980. The smallest absolute Gasteiger partial charge is 0.143 e. The molecule has 0 saturated carbocycles. The van der Waals surface area contributed by atoms with Crippen LogP contribution in [0, 0.1) is 0 Å². The third-order valence-corrected chi connectivity index (χ3v) is 6.04. The summed E-state index contributed by atoms with van der Waals surface area (Å²) in [6.45, 7) is 9.94. The normalized spacial score (nSPS) is 12.7. The number of rotatable bonds is 13. The van der Waals surface area contributed by atoms with Crippen LogP contribution in [0.15, 0.2) is 47.6 Å². The van der Waals surface area contributed by atoms with Gasteiger partial charge >= 0.3 is 0 Å². The van der Waals surface area contributed by atoms with Crippen molar-refractivity contribution in [2.45, 2.75) is 51.9 Å². The molecule has 0 amide bonds. The first kappa shape index (κ1) is 32.4. The summed E-state index contributed by atoms with van der Waals surface area (Å²) < 4.78 is 12.0. The summed E-state index contributed by atoms with van der Waals surface area (Å²) in [5, 5.41) is 7.49. The number of carbonyl (C=O) groups is 1. The molecule has 4 N–H and O–H groups in total. The number of carbonyl (C=O) groups excluding carboxylic acids is 1. The van der Waals surface area contributed by atoms with E-state index in [0.717, 1.165) is 41.8 Å². The molecule has 0 aliphatic heterocycles. The molecule has 204 valence electrons. The minimum Gasteiger partial charge on any atom is -0.487 e. The predicted molar refractivity (Wildman–Crippen MR) is 157 cm³/mol. The largest absolute Gasteiger partial charge is 0.487 e. The molecule has 0 spiro atoms. The molecule has 0 radical (unpaired) electrons. The van der Waals surface area contributed by atoms with Gasteiger partial charge in [-0.05, 0) is 77.0 Å². The van der Waals surface area contributed by atoms with Crippen molar-refractivity contribution in [3.63, 3.8) is 0 Å². The van der Waals surface area contributed by atoms with Crippen LogP contribution >= 0.6 is 23.2 Å². The molecule has 7 nitrogen and oxygen atoms in total. The van der Waals surface area contributed by atoms with Crippen molar-refractivity contribution in [2.75, 3.05) is 32.6 Å². The van der Waals surface area contributed by atoms with Crippen LogP contribution in [-0.4, -0.2) is 51.9 Å². The number of ether oxygens (including phenoxy) is 2. The summed E-state index contributed by atoms with van der Waals surface area (Å²) >= 11 is 12.6.